The molecule has 2 N–H and O–H groups in total. The number of anilines is 2. The Balaban J connectivity index is 1.64. The first kappa shape index (κ1) is 18.5. The Hall–Kier alpha value is -2.32. The van der Waals surface area contributed by atoms with E-state index in [1.807, 2.05) is 19.1 Å². The van der Waals surface area contributed by atoms with Crippen LogP contribution in [0.25, 0.3) is 0 Å². The molecule has 2 amide bonds. The summed E-state index contributed by atoms with van der Waals surface area (Å²) < 4.78 is 25.0. The Labute approximate surface area is 156 Å². The lowest BCUT2D eigenvalue weighted by Crippen LogP contribution is -2.20. The number of nitrogens with one attached hydrogen (secondary N) is 2. The van der Waals surface area contributed by atoms with E-state index in [0.29, 0.717) is 11.4 Å². The lowest BCUT2D eigenvalue weighted by atomic mass is 10.2. The number of carbonyl (C=O) groups is 2. The van der Waals surface area contributed by atoms with Crippen LogP contribution in [0, 0.1) is 6.92 Å². The molecule has 8 heteroatoms. The molecular weight excluding hydrogens is 372 g/mol. The molecule has 26 heavy (non-hydrogen) atoms. The predicted octanol–water partition coefficient (Wildman–Crippen LogP) is 2.84. The van der Waals surface area contributed by atoms with E-state index in [-0.39, 0.29) is 34.6 Å². The van der Waals surface area contributed by atoms with Crippen LogP contribution in [0.4, 0.5) is 11.4 Å². The standard InChI is InChI=1S/C18H18N2O4S2/c1-12-2-4-13(5-3-12)19-17(21)8-9-26(23,24)14-6-7-15-16(10-14)25-11-18(22)20-15/h2-7,10H,8-9,11H2,1H3,(H,19,21)(H,20,22). The number of sulfone groups is 1. The minimum absolute atomic E-state index is 0.106. The fourth-order valence-electron chi connectivity index (χ4n) is 2.45. The summed E-state index contributed by atoms with van der Waals surface area (Å²) in [6, 6.07) is 11.9. The summed E-state index contributed by atoms with van der Waals surface area (Å²) >= 11 is 1.30. The molecule has 0 unspecified atom stereocenters. The van der Waals surface area contributed by atoms with Crippen molar-refractivity contribution in [1.82, 2.24) is 0 Å². The van der Waals surface area contributed by atoms with Gasteiger partial charge in [-0.25, -0.2) is 8.42 Å². The molecule has 3 rings (SSSR count). The van der Waals surface area contributed by atoms with Gasteiger partial charge in [0.1, 0.15) is 0 Å². The SMILES string of the molecule is Cc1ccc(NC(=O)CCS(=O)(=O)c2ccc3c(c2)SCC(=O)N3)cc1. The van der Waals surface area contributed by atoms with Gasteiger partial charge in [0.05, 0.1) is 22.1 Å². The molecule has 1 aliphatic heterocycles. The number of fused-ring (bicyclic) bond motifs is 1. The summed E-state index contributed by atoms with van der Waals surface area (Å²) in [5, 5.41) is 5.39. The average molecular weight is 390 g/mol. The molecule has 1 aliphatic rings. The number of carbonyl (C=O) groups excluding carboxylic acids is 2. The molecule has 0 fully saturated rings. The quantitative estimate of drug-likeness (QED) is 0.819. The zero-order chi connectivity index (χ0) is 18.7. The van der Waals surface area contributed by atoms with E-state index < -0.39 is 9.84 Å². The van der Waals surface area contributed by atoms with E-state index in [1.54, 1.807) is 24.3 Å². The van der Waals surface area contributed by atoms with Gasteiger partial charge in [-0.15, -0.1) is 11.8 Å². The Kier molecular flexibility index (Phi) is 5.33. The first-order valence-electron chi connectivity index (χ1n) is 7.99. The molecule has 1 heterocycles. The number of aryl methyl sites for hydroxylation is 1. The second-order valence-electron chi connectivity index (χ2n) is 5.98. The molecule has 136 valence electrons. The Morgan fingerprint density at radius 2 is 1.92 bits per heavy atom. The van der Waals surface area contributed by atoms with Gasteiger partial charge in [0.25, 0.3) is 0 Å². The van der Waals surface area contributed by atoms with Crippen LogP contribution >= 0.6 is 11.8 Å². The van der Waals surface area contributed by atoms with Crippen LogP contribution in [-0.4, -0.2) is 31.7 Å². The lowest BCUT2D eigenvalue weighted by Gasteiger charge is -2.17. The van der Waals surface area contributed by atoms with Crippen LogP contribution in [0.3, 0.4) is 0 Å². The van der Waals surface area contributed by atoms with Gasteiger partial charge in [-0.2, -0.15) is 0 Å². The molecule has 2 aromatic carbocycles. The zero-order valence-electron chi connectivity index (χ0n) is 14.1. The van der Waals surface area contributed by atoms with Crippen LogP contribution in [0.5, 0.6) is 0 Å². The highest BCUT2D eigenvalue weighted by Crippen LogP contribution is 2.33. The lowest BCUT2D eigenvalue weighted by molar-refractivity contribution is -0.116. The minimum Gasteiger partial charge on any atom is -0.326 e. The highest BCUT2D eigenvalue weighted by Gasteiger charge is 2.21. The second-order valence-corrected chi connectivity index (χ2v) is 9.10. The van der Waals surface area contributed by atoms with Gasteiger partial charge in [-0.05, 0) is 37.3 Å². The first-order valence-corrected chi connectivity index (χ1v) is 10.6. The van der Waals surface area contributed by atoms with Crippen molar-refractivity contribution < 1.29 is 18.0 Å². The van der Waals surface area contributed by atoms with Crippen molar-refractivity contribution in [2.24, 2.45) is 0 Å². The maximum atomic E-state index is 12.5. The van der Waals surface area contributed by atoms with Crippen molar-refractivity contribution in [3.63, 3.8) is 0 Å². The fraction of sp³-hybridized carbons (Fsp3) is 0.222. The van der Waals surface area contributed by atoms with Crippen LogP contribution in [0.15, 0.2) is 52.3 Å². The molecule has 0 atom stereocenters. The van der Waals surface area contributed by atoms with Gasteiger partial charge in [-0.3, -0.25) is 9.59 Å². The highest BCUT2D eigenvalue weighted by atomic mass is 32.2. The number of thioether (sulfide) groups is 1. The summed E-state index contributed by atoms with van der Waals surface area (Å²) in [7, 11) is -3.59. The van der Waals surface area contributed by atoms with Crippen molar-refractivity contribution in [2.45, 2.75) is 23.1 Å². The third-order valence-electron chi connectivity index (χ3n) is 3.88. The summed E-state index contributed by atoms with van der Waals surface area (Å²) in [6.07, 6.45) is -0.128. The third kappa shape index (κ3) is 4.44. The number of amides is 2. The number of hydrogen-bond acceptors (Lipinski definition) is 5. The van der Waals surface area contributed by atoms with E-state index >= 15 is 0 Å². The Morgan fingerprint density at radius 1 is 1.19 bits per heavy atom. The number of benzene rings is 2. The summed E-state index contributed by atoms with van der Waals surface area (Å²) in [5.74, 6) is -0.474. The molecule has 0 radical (unpaired) electrons. The van der Waals surface area contributed by atoms with Crippen molar-refractivity contribution in [3.8, 4) is 0 Å². The molecule has 0 saturated heterocycles. The molecule has 0 aromatic heterocycles. The van der Waals surface area contributed by atoms with E-state index in [4.69, 9.17) is 0 Å². The van der Waals surface area contributed by atoms with Gasteiger partial charge < -0.3 is 10.6 Å². The van der Waals surface area contributed by atoms with Gasteiger partial charge >= 0.3 is 0 Å². The van der Waals surface area contributed by atoms with Crippen molar-refractivity contribution in [2.75, 3.05) is 22.1 Å². The molecule has 0 bridgehead atoms. The van der Waals surface area contributed by atoms with Crippen LogP contribution in [0.2, 0.25) is 0 Å². The molecular formula is C18H18N2O4S2. The molecule has 2 aromatic rings. The average Bonchev–Trinajstić information content (AvgIpc) is 2.61. The van der Waals surface area contributed by atoms with E-state index in [9.17, 15) is 18.0 Å². The van der Waals surface area contributed by atoms with Gasteiger partial charge in [0.2, 0.25) is 11.8 Å². The largest absolute Gasteiger partial charge is 0.326 e. The summed E-state index contributed by atoms with van der Waals surface area (Å²) in [4.78, 5) is 24.2. The molecule has 6 nitrogen and oxygen atoms in total. The van der Waals surface area contributed by atoms with Crippen molar-refractivity contribution in [3.05, 3.63) is 48.0 Å². The minimum atomic E-state index is -3.59. The smallest absolute Gasteiger partial charge is 0.234 e. The number of hydrogen-bond donors (Lipinski definition) is 2. The Morgan fingerprint density at radius 3 is 2.65 bits per heavy atom. The second kappa shape index (κ2) is 7.51. The van der Waals surface area contributed by atoms with Gasteiger partial charge in [-0.1, -0.05) is 17.7 Å². The topological polar surface area (TPSA) is 92.3 Å². The summed E-state index contributed by atoms with van der Waals surface area (Å²) in [5.41, 5.74) is 2.33. The normalized spacial score (nSPS) is 13.7. The third-order valence-corrected chi connectivity index (χ3v) is 6.65. The van der Waals surface area contributed by atoms with Gasteiger partial charge in [0, 0.05) is 17.0 Å². The predicted molar refractivity (Wildman–Crippen MR) is 102 cm³/mol. The van der Waals surface area contributed by atoms with E-state index in [1.165, 1.54) is 17.8 Å². The summed E-state index contributed by atoms with van der Waals surface area (Å²) in [6.45, 7) is 1.94. The van der Waals surface area contributed by atoms with E-state index in [0.717, 1.165) is 10.5 Å². The monoisotopic (exact) mass is 390 g/mol. The zero-order valence-corrected chi connectivity index (χ0v) is 15.7. The fourth-order valence-corrected chi connectivity index (χ4v) is 4.63. The maximum Gasteiger partial charge on any atom is 0.234 e. The van der Waals surface area contributed by atoms with E-state index in [2.05, 4.69) is 10.6 Å². The van der Waals surface area contributed by atoms with Crippen LogP contribution < -0.4 is 10.6 Å². The number of rotatable bonds is 5. The van der Waals surface area contributed by atoms with Gasteiger partial charge in [0.15, 0.2) is 9.84 Å². The molecule has 0 spiro atoms. The van der Waals surface area contributed by atoms with Crippen LogP contribution in [0.1, 0.15) is 12.0 Å². The first-order chi connectivity index (χ1) is 12.3. The molecule has 0 saturated carbocycles. The maximum absolute atomic E-state index is 12.5. The van der Waals surface area contributed by atoms with Crippen molar-refractivity contribution in [1.29, 1.82) is 0 Å². The van der Waals surface area contributed by atoms with Crippen molar-refractivity contribution >= 4 is 44.8 Å². The highest BCUT2D eigenvalue weighted by molar-refractivity contribution is 8.00. The Bertz CT molecular complexity index is 954. The molecule has 0 aliphatic carbocycles. The van der Waals surface area contributed by atoms with Crippen LogP contribution in [-0.2, 0) is 19.4 Å².